The third kappa shape index (κ3) is 3.13. The minimum absolute atomic E-state index is 0.0302. The van der Waals surface area contributed by atoms with E-state index in [2.05, 4.69) is 10.3 Å². The van der Waals surface area contributed by atoms with Crippen LogP contribution in [0.1, 0.15) is 5.56 Å². The molecule has 0 aliphatic heterocycles. The molecular formula is C19H15N3O2. The van der Waals surface area contributed by atoms with Gasteiger partial charge in [0.05, 0.1) is 7.11 Å². The van der Waals surface area contributed by atoms with E-state index in [9.17, 15) is 10.1 Å². The molecule has 0 aliphatic rings. The largest absolute Gasteiger partial charge is 0.497 e. The number of para-hydroxylation sites is 1. The van der Waals surface area contributed by atoms with Crippen molar-refractivity contribution in [1.29, 1.82) is 5.26 Å². The Hall–Kier alpha value is -3.52. The number of nitrogens with zero attached hydrogens (tertiary/aromatic N) is 1. The number of carbonyl (C=O) groups is 1. The van der Waals surface area contributed by atoms with E-state index in [1.165, 1.54) is 0 Å². The number of ether oxygens (including phenoxy) is 1. The Labute approximate surface area is 139 Å². The Morgan fingerprint density at radius 1 is 1.25 bits per heavy atom. The van der Waals surface area contributed by atoms with Crippen LogP contribution in [0.2, 0.25) is 0 Å². The highest BCUT2D eigenvalue weighted by atomic mass is 16.5. The molecule has 0 bridgehead atoms. The molecule has 0 saturated heterocycles. The lowest BCUT2D eigenvalue weighted by Gasteiger charge is -2.06. The number of nitrogens with one attached hydrogen (secondary N) is 2. The first-order valence-corrected chi connectivity index (χ1v) is 7.34. The van der Waals surface area contributed by atoms with Crippen molar-refractivity contribution >= 4 is 28.6 Å². The zero-order valence-corrected chi connectivity index (χ0v) is 13.0. The number of anilines is 1. The van der Waals surface area contributed by atoms with Crippen LogP contribution in [0.25, 0.3) is 17.0 Å². The van der Waals surface area contributed by atoms with Crippen LogP contribution in [0.5, 0.6) is 5.75 Å². The summed E-state index contributed by atoms with van der Waals surface area (Å²) in [6, 6.07) is 16.6. The van der Waals surface area contributed by atoms with Gasteiger partial charge in [0.15, 0.2) is 0 Å². The summed E-state index contributed by atoms with van der Waals surface area (Å²) in [5.41, 5.74) is 2.35. The number of carbonyl (C=O) groups excluding carboxylic acids is 1. The highest BCUT2D eigenvalue weighted by molar-refractivity contribution is 6.10. The standard InChI is InChI=1S/C19H15N3O2/c1-24-16-6-4-5-15(10-16)22-19(23)13(11-20)9-14-12-21-18-8-3-2-7-17(14)18/h2-10,12,21H,1H3,(H,22,23)/b13-9-. The second-order valence-corrected chi connectivity index (χ2v) is 5.15. The molecule has 2 aromatic carbocycles. The number of hydrogen-bond donors (Lipinski definition) is 2. The van der Waals surface area contributed by atoms with Crippen LogP contribution in [0.4, 0.5) is 5.69 Å². The maximum absolute atomic E-state index is 12.4. The molecule has 1 heterocycles. The van der Waals surface area contributed by atoms with Crippen LogP contribution in [0.3, 0.4) is 0 Å². The molecule has 0 aliphatic carbocycles. The molecule has 0 fully saturated rings. The van der Waals surface area contributed by atoms with E-state index in [1.54, 1.807) is 43.6 Å². The Morgan fingerprint density at radius 3 is 2.88 bits per heavy atom. The first-order chi connectivity index (χ1) is 11.7. The summed E-state index contributed by atoms with van der Waals surface area (Å²) in [6.45, 7) is 0. The first kappa shape index (κ1) is 15.4. The SMILES string of the molecule is COc1cccc(NC(=O)/C(C#N)=C\c2c[nH]c3ccccc23)c1. The van der Waals surface area contributed by atoms with Gasteiger partial charge in [0.1, 0.15) is 17.4 Å². The number of rotatable bonds is 4. The highest BCUT2D eigenvalue weighted by Crippen LogP contribution is 2.21. The van der Waals surface area contributed by atoms with E-state index in [0.29, 0.717) is 11.4 Å². The number of amides is 1. The van der Waals surface area contributed by atoms with Crippen LogP contribution >= 0.6 is 0 Å². The summed E-state index contributed by atoms with van der Waals surface area (Å²) in [6.07, 6.45) is 3.36. The van der Waals surface area contributed by atoms with Crippen LogP contribution in [0.15, 0.2) is 60.3 Å². The number of hydrogen-bond acceptors (Lipinski definition) is 3. The van der Waals surface area contributed by atoms with Crippen molar-refractivity contribution in [2.45, 2.75) is 0 Å². The summed E-state index contributed by atoms with van der Waals surface area (Å²) in [5, 5.41) is 13.0. The van der Waals surface area contributed by atoms with E-state index >= 15 is 0 Å². The second-order valence-electron chi connectivity index (χ2n) is 5.15. The van der Waals surface area contributed by atoms with Crippen LogP contribution in [-0.4, -0.2) is 18.0 Å². The molecule has 5 heteroatoms. The molecule has 2 N–H and O–H groups in total. The minimum atomic E-state index is -0.462. The summed E-state index contributed by atoms with van der Waals surface area (Å²) < 4.78 is 5.12. The van der Waals surface area contributed by atoms with Gasteiger partial charge < -0.3 is 15.0 Å². The Balaban J connectivity index is 1.88. The Bertz CT molecular complexity index is 964. The fourth-order valence-corrected chi connectivity index (χ4v) is 2.42. The lowest BCUT2D eigenvalue weighted by Crippen LogP contribution is -2.13. The third-order valence-corrected chi connectivity index (χ3v) is 3.61. The number of methoxy groups -OCH3 is 1. The second kappa shape index (κ2) is 6.71. The fourth-order valence-electron chi connectivity index (χ4n) is 2.42. The Kier molecular flexibility index (Phi) is 4.30. The number of aromatic amines is 1. The normalized spacial score (nSPS) is 11.1. The van der Waals surface area contributed by atoms with Crippen LogP contribution < -0.4 is 10.1 Å². The van der Waals surface area contributed by atoms with Gasteiger partial charge in [-0.25, -0.2) is 0 Å². The molecule has 0 spiro atoms. The summed E-state index contributed by atoms with van der Waals surface area (Å²) in [7, 11) is 1.55. The lowest BCUT2D eigenvalue weighted by molar-refractivity contribution is -0.112. The van der Waals surface area contributed by atoms with Crippen molar-refractivity contribution in [3.05, 3.63) is 65.9 Å². The van der Waals surface area contributed by atoms with Gasteiger partial charge in [-0.15, -0.1) is 0 Å². The maximum Gasteiger partial charge on any atom is 0.266 e. The van der Waals surface area contributed by atoms with Crippen molar-refractivity contribution in [3.63, 3.8) is 0 Å². The smallest absolute Gasteiger partial charge is 0.266 e. The molecule has 118 valence electrons. The van der Waals surface area contributed by atoms with Gasteiger partial charge in [-0.2, -0.15) is 5.26 Å². The molecule has 0 saturated carbocycles. The van der Waals surface area contributed by atoms with Gasteiger partial charge >= 0.3 is 0 Å². The topological polar surface area (TPSA) is 77.9 Å². The molecule has 24 heavy (non-hydrogen) atoms. The average molecular weight is 317 g/mol. The lowest BCUT2D eigenvalue weighted by atomic mass is 10.1. The molecule has 0 radical (unpaired) electrons. The van der Waals surface area contributed by atoms with Crippen molar-refractivity contribution in [1.82, 2.24) is 4.98 Å². The molecule has 0 unspecified atom stereocenters. The van der Waals surface area contributed by atoms with Crippen molar-refractivity contribution in [2.24, 2.45) is 0 Å². The number of H-pyrrole nitrogens is 1. The van der Waals surface area contributed by atoms with Crippen LogP contribution in [0, 0.1) is 11.3 Å². The molecule has 5 nitrogen and oxygen atoms in total. The van der Waals surface area contributed by atoms with Gasteiger partial charge in [-0.3, -0.25) is 4.79 Å². The zero-order chi connectivity index (χ0) is 16.9. The van der Waals surface area contributed by atoms with E-state index in [0.717, 1.165) is 16.5 Å². The minimum Gasteiger partial charge on any atom is -0.497 e. The quantitative estimate of drug-likeness (QED) is 0.568. The average Bonchev–Trinajstić information content (AvgIpc) is 3.02. The van der Waals surface area contributed by atoms with Gasteiger partial charge in [-0.1, -0.05) is 24.3 Å². The monoisotopic (exact) mass is 317 g/mol. The molecule has 0 atom stereocenters. The molecule has 3 rings (SSSR count). The third-order valence-electron chi connectivity index (χ3n) is 3.61. The molecule has 1 aromatic heterocycles. The predicted octanol–water partition coefficient (Wildman–Crippen LogP) is 3.72. The molecule has 3 aromatic rings. The van der Waals surface area contributed by atoms with Crippen molar-refractivity contribution < 1.29 is 9.53 Å². The van der Waals surface area contributed by atoms with E-state index in [4.69, 9.17) is 4.74 Å². The van der Waals surface area contributed by atoms with Crippen molar-refractivity contribution in [3.8, 4) is 11.8 Å². The Morgan fingerprint density at radius 2 is 2.08 bits per heavy atom. The number of fused-ring (bicyclic) bond motifs is 1. The van der Waals surface area contributed by atoms with E-state index in [1.807, 2.05) is 30.3 Å². The summed E-state index contributed by atoms with van der Waals surface area (Å²) in [4.78, 5) is 15.5. The van der Waals surface area contributed by atoms with Gasteiger partial charge in [-0.05, 0) is 24.3 Å². The highest BCUT2D eigenvalue weighted by Gasteiger charge is 2.11. The number of aromatic nitrogens is 1. The number of nitriles is 1. The number of benzene rings is 2. The van der Waals surface area contributed by atoms with Gasteiger partial charge in [0.25, 0.3) is 5.91 Å². The van der Waals surface area contributed by atoms with E-state index < -0.39 is 5.91 Å². The summed E-state index contributed by atoms with van der Waals surface area (Å²) in [5.74, 6) is 0.169. The molecule has 1 amide bonds. The zero-order valence-electron chi connectivity index (χ0n) is 13.0. The van der Waals surface area contributed by atoms with E-state index in [-0.39, 0.29) is 5.57 Å². The van der Waals surface area contributed by atoms with Gasteiger partial charge in [0.2, 0.25) is 0 Å². The maximum atomic E-state index is 12.4. The fraction of sp³-hybridized carbons (Fsp3) is 0.0526. The molecular weight excluding hydrogens is 302 g/mol. The summed E-state index contributed by atoms with van der Waals surface area (Å²) >= 11 is 0. The van der Waals surface area contributed by atoms with Gasteiger partial charge in [0, 0.05) is 34.4 Å². The van der Waals surface area contributed by atoms with Crippen LogP contribution in [-0.2, 0) is 4.79 Å². The first-order valence-electron chi connectivity index (χ1n) is 7.34. The van der Waals surface area contributed by atoms with Crippen molar-refractivity contribution in [2.75, 3.05) is 12.4 Å². The predicted molar refractivity (Wildman–Crippen MR) is 93.5 cm³/mol.